The first kappa shape index (κ1) is 14.4. The van der Waals surface area contributed by atoms with Gasteiger partial charge in [-0.25, -0.2) is 0 Å². The van der Waals surface area contributed by atoms with Crippen LogP contribution in [0.15, 0.2) is 0 Å². The van der Waals surface area contributed by atoms with E-state index in [2.05, 4.69) is 12.2 Å². The first-order chi connectivity index (χ1) is 7.24. The predicted octanol–water partition coefficient (Wildman–Crippen LogP) is 0.607. The first-order valence-electron chi connectivity index (χ1n) is 5.84. The molecule has 0 heterocycles. The summed E-state index contributed by atoms with van der Waals surface area (Å²) in [5.41, 5.74) is 0. The third-order valence-electron chi connectivity index (χ3n) is 2.18. The van der Waals surface area contributed by atoms with E-state index in [-0.39, 0.29) is 12.5 Å². The molecule has 15 heavy (non-hydrogen) atoms. The number of nitrogens with zero attached hydrogens (tertiary/aromatic N) is 1. The molecule has 2 N–H and O–H groups in total. The molecular formula is C11H24N2O2. The zero-order valence-electron chi connectivity index (χ0n) is 9.96. The highest BCUT2D eigenvalue weighted by Crippen LogP contribution is 1.94. The number of aliphatic hydroxyl groups is 1. The van der Waals surface area contributed by atoms with Crippen LogP contribution >= 0.6 is 0 Å². The minimum atomic E-state index is 0.0569. The van der Waals surface area contributed by atoms with Crippen molar-refractivity contribution in [1.82, 2.24) is 10.2 Å². The molecule has 1 amide bonds. The summed E-state index contributed by atoms with van der Waals surface area (Å²) in [5.74, 6) is 0.0569. The molecule has 0 aromatic carbocycles. The maximum atomic E-state index is 11.4. The highest BCUT2D eigenvalue weighted by Gasteiger charge is 2.08. The van der Waals surface area contributed by atoms with Gasteiger partial charge in [0.05, 0.1) is 13.2 Å². The summed E-state index contributed by atoms with van der Waals surface area (Å²) in [6, 6.07) is 0. The fraction of sp³-hybridized carbons (Fsp3) is 0.909. The molecule has 0 saturated carbocycles. The highest BCUT2D eigenvalue weighted by molar-refractivity contribution is 5.77. The SMILES string of the molecule is CCCCN(CCO)CC(=O)NCCC. The molecule has 0 aliphatic rings. The van der Waals surface area contributed by atoms with Crippen LogP contribution in [0.25, 0.3) is 0 Å². The van der Waals surface area contributed by atoms with Crippen molar-refractivity contribution in [2.24, 2.45) is 0 Å². The molecule has 0 atom stereocenters. The number of hydrogen-bond donors (Lipinski definition) is 2. The van der Waals surface area contributed by atoms with E-state index in [9.17, 15) is 4.79 Å². The molecule has 0 aromatic rings. The molecule has 0 bridgehead atoms. The van der Waals surface area contributed by atoms with Crippen molar-refractivity contribution in [2.45, 2.75) is 33.1 Å². The van der Waals surface area contributed by atoms with Gasteiger partial charge in [-0.15, -0.1) is 0 Å². The van der Waals surface area contributed by atoms with E-state index in [0.29, 0.717) is 13.1 Å². The highest BCUT2D eigenvalue weighted by atomic mass is 16.3. The molecular weight excluding hydrogens is 192 g/mol. The van der Waals surface area contributed by atoms with E-state index in [1.165, 1.54) is 0 Å². The fourth-order valence-corrected chi connectivity index (χ4v) is 1.32. The van der Waals surface area contributed by atoms with Crippen LogP contribution in [0.2, 0.25) is 0 Å². The summed E-state index contributed by atoms with van der Waals surface area (Å²) in [6.07, 6.45) is 3.14. The lowest BCUT2D eigenvalue weighted by molar-refractivity contribution is -0.122. The van der Waals surface area contributed by atoms with Crippen LogP contribution in [0, 0.1) is 0 Å². The average molecular weight is 216 g/mol. The minimum Gasteiger partial charge on any atom is -0.395 e. The summed E-state index contributed by atoms with van der Waals surface area (Å²) in [6.45, 7) is 6.87. The van der Waals surface area contributed by atoms with Crippen LogP contribution < -0.4 is 5.32 Å². The monoisotopic (exact) mass is 216 g/mol. The van der Waals surface area contributed by atoms with Gasteiger partial charge in [0.25, 0.3) is 0 Å². The largest absolute Gasteiger partial charge is 0.395 e. The maximum absolute atomic E-state index is 11.4. The Morgan fingerprint density at radius 2 is 2.00 bits per heavy atom. The molecule has 0 radical (unpaired) electrons. The molecule has 90 valence electrons. The lowest BCUT2D eigenvalue weighted by Crippen LogP contribution is -2.39. The van der Waals surface area contributed by atoms with Gasteiger partial charge in [0.15, 0.2) is 0 Å². The summed E-state index contributed by atoms with van der Waals surface area (Å²) >= 11 is 0. The Hall–Kier alpha value is -0.610. The van der Waals surface area contributed by atoms with E-state index in [0.717, 1.165) is 32.4 Å². The second-order valence-corrected chi connectivity index (χ2v) is 3.70. The first-order valence-corrected chi connectivity index (χ1v) is 5.84. The zero-order valence-corrected chi connectivity index (χ0v) is 9.96. The summed E-state index contributed by atoms with van der Waals surface area (Å²) in [5, 5.41) is 11.7. The van der Waals surface area contributed by atoms with Gasteiger partial charge in [-0.05, 0) is 19.4 Å². The number of amides is 1. The Labute approximate surface area is 92.7 Å². The topological polar surface area (TPSA) is 52.6 Å². The molecule has 4 heteroatoms. The van der Waals surface area contributed by atoms with Gasteiger partial charge >= 0.3 is 0 Å². The number of unbranched alkanes of at least 4 members (excludes halogenated alkanes) is 1. The Balaban J connectivity index is 3.76. The van der Waals surface area contributed by atoms with Gasteiger partial charge < -0.3 is 10.4 Å². The third-order valence-corrected chi connectivity index (χ3v) is 2.18. The standard InChI is InChI=1S/C11H24N2O2/c1-3-5-7-13(8-9-14)10-11(15)12-6-4-2/h14H,3-10H2,1-2H3,(H,12,15). The Morgan fingerprint density at radius 1 is 1.27 bits per heavy atom. The van der Waals surface area contributed by atoms with Crippen LogP contribution in [0.4, 0.5) is 0 Å². The number of nitrogens with one attached hydrogen (secondary N) is 1. The molecule has 0 unspecified atom stereocenters. The van der Waals surface area contributed by atoms with Crippen LogP contribution in [0.5, 0.6) is 0 Å². The van der Waals surface area contributed by atoms with Crippen LogP contribution in [0.3, 0.4) is 0 Å². The van der Waals surface area contributed by atoms with E-state index in [1.807, 2.05) is 11.8 Å². The zero-order chi connectivity index (χ0) is 11.5. The normalized spacial score (nSPS) is 10.7. The molecule has 0 aliphatic heterocycles. The van der Waals surface area contributed by atoms with Gasteiger partial charge in [0.1, 0.15) is 0 Å². The number of rotatable bonds is 9. The average Bonchev–Trinajstić information content (AvgIpc) is 2.23. The molecule has 0 aliphatic carbocycles. The van der Waals surface area contributed by atoms with Crippen molar-refractivity contribution in [2.75, 3.05) is 32.8 Å². The van der Waals surface area contributed by atoms with Crippen LogP contribution in [-0.4, -0.2) is 48.7 Å². The quantitative estimate of drug-likeness (QED) is 0.593. The van der Waals surface area contributed by atoms with Crippen molar-refractivity contribution in [1.29, 1.82) is 0 Å². The second-order valence-electron chi connectivity index (χ2n) is 3.70. The van der Waals surface area contributed by atoms with Crippen molar-refractivity contribution >= 4 is 5.91 Å². The molecule has 0 fully saturated rings. The number of carbonyl (C=O) groups excluding carboxylic acids is 1. The van der Waals surface area contributed by atoms with Gasteiger partial charge in [0, 0.05) is 13.1 Å². The summed E-state index contributed by atoms with van der Waals surface area (Å²) in [7, 11) is 0. The Bertz CT molecular complexity index is 163. The second kappa shape index (κ2) is 9.93. The minimum absolute atomic E-state index is 0.0569. The van der Waals surface area contributed by atoms with E-state index >= 15 is 0 Å². The van der Waals surface area contributed by atoms with Crippen molar-refractivity contribution in [3.8, 4) is 0 Å². The molecule has 4 nitrogen and oxygen atoms in total. The Kier molecular flexibility index (Phi) is 9.52. The van der Waals surface area contributed by atoms with Gasteiger partial charge in [0.2, 0.25) is 5.91 Å². The van der Waals surface area contributed by atoms with E-state index in [4.69, 9.17) is 5.11 Å². The molecule has 0 rings (SSSR count). The molecule has 0 aromatic heterocycles. The predicted molar refractivity (Wildman–Crippen MR) is 61.7 cm³/mol. The smallest absolute Gasteiger partial charge is 0.234 e. The number of aliphatic hydroxyl groups excluding tert-OH is 1. The lowest BCUT2D eigenvalue weighted by atomic mass is 10.3. The Morgan fingerprint density at radius 3 is 2.53 bits per heavy atom. The van der Waals surface area contributed by atoms with Crippen molar-refractivity contribution in [3.63, 3.8) is 0 Å². The maximum Gasteiger partial charge on any atom is 0.234 e. The van der Waals surface area contributed by atoms with Crippen molar-refractivity contribution in [3.05, 3.63) is 0 Å². The summed E-state index contributed by atoms with van der Waals surface area (Å²) < 4.78 is 0. The third kappa shape index (κ3) is 8.39. The fourth-order valence-electron chi connectivity index (χ4n) is 1.32. The van der Waals surface area contributed by atoms with Gasteiger partial charge in [-0.1, -0.05) is 20.3 Å². The number of carbonyl (C=O) groups is 1. The van der Waals surface area contributed by atoms with Gasteiger partial charge in [-0.2, -0.15) is 0 Å². The number of hydrogen-bond acceptors (Lipinski definition) is 3. The van der Waals surface area contributed by atoms with Crippen LogP contribution in [-0.2, 0) is 4.79 Å². The van der Waals surface area contributed by atoms with E-state index < -0.39 is 0 Å². The lowest BCUT2D eigenvalue weighted by Gasteiger charge is -2.20. The van der Waals surface area contributed by atoms with Gasteiger partial charge in [-0.3, -0.25) is 9.69 Å². The molecule has 0 saturated heterocycles. The van der Waals surface area contributed by atoms with Crippen molar-refractivity contribution < 1.29 is 9.90 Å². The van der Waals surface area contributed by atoms with E-state index in [1.54, 1.807) is 0 Å². The summed E-state index contributed by atoms with van der Waals surface area (Å²) in [4.78, 5) is 13.4. The molecule has 0 spiro atoms. The van der Waals surface area contributed by atoms with Crippen LogP contribution in [0.1, 0.15) is 33.1 Å².